The van der Waals surface area contributed by atoms with E-state index in [0.717, 1.165) is 36.3 Å². The summed E-state index contributed by atoms with van der Waals surface area (Å²) in [5, 5.41) is 5.83. The highest BCUT2D eigenvalue weighted by Gasteiger charge is 2.33. The van der Waals surface area contributed by atoms with Gasteiger partial charge in [-0.15, -0.1) is 0 Å². The SMILES string of the molecule is Cc1cc(C(=O)Nc2cccc([C@]3(C)CCNC(=O)C3)c2)nc(C2CC2)n1. The van der Waals surface area contributed by atoms with Crippen molar-refractivity contribution >= 4 is 17.5 Å². The first-order valence-corrected chi connectivity index (χ1v) is 9.47. The van der Waals surface area contributed by atoms with Gasteiger partial charge in [0.2, 0.25) is 5.91 Å². The lowest BCUT2D eigenvalue weighted by Crippen LogP contribution is -2.41. The number of anilines is 1. The molecule has 0 bridgehead atoms. The largest absolute Gasteiger partial charge is 0.356 e. The van der Waals surface area contributed by atoms with Crippen LogP contribution in [0.4, 0.5) is 5.69 Å². The number of nitrogens with one attached hydrogen (secondary N) is 2. The van der Waals surface area contributed by atoms with Gasteiger partial charge < -0.3 is 10.6 Å². The van der Waals surface area contributed by atoms with Gasteiger partial charge in [-0.25, -0.2) is 9.97 Å². The van der Waals surface area contributed by atoms with Gasteiger partial charge >= 0.3 is 0 Å². The zero-order valence-electron chi connectivity index (χ0n) is 15.7. The van der Waals surface area contributed by atoms with Gasteiger partial charge in [0.05, 0.1) is 0 Å². The second-order valence-electron chi connectivity index (χ2n) is 7.90. The molecule has 1 aliphatic carbocycles. The smallest absolute Gasteiger partial charge is 0.274 e. The minimum absolute atomic E-state index is 0.0715. The molecule has 2 aromatic rings. The maximum Gasteiger partial charge on any atom is 0.274 e. The standard InChI is InChI=1S/C21H24N4O2/c1-13-10-17(25-19(23-13)14-6-7-14)20(27)24-16-5-3-4-15(11-16)21(2)8-9-22-18(26)12-21/h3-5,10-11,14H,6-9,12H2,1-2H3,(H,22,26)(H,24,27)/t21-/m1/s1. The van der Waals surface area contributed by atoms with Crippen molar-refractivity contribution in [3.05, 3.63) is 53.1 Å². The summed E-state index contributed by atoms with van der Waals surface area (Å²) < 4.78 is 0. The van der Waals surface area contributed by atoms with Crippen molar-refractivity contribution in [2.24, 2.45) is 0 Å². The first kappa shape index (κ1) is 17.6. The second kappa shape index (κ2) is 6.76. The maximum absolute atomic E-state index is 12.7. The zero-order valence-corrected chi connectivity index (χ0v) is 15.7. The Morgan fingerprint density at radius 1 is 1.26 bits per heavy atom. The molecule has 1 saturated carbocycles. The highest BCUT2D eigenvalue weighted by molar-refractivity contribution is 6.03. The Labute approximate surface area is 158 Å². The molecule has 2 fully saturated rings. The number of carbonyl (C=O) groups is 2. The molecule has 140 valence electrons. The average molecular weight is 364 g/mol. The third-order valence-electron chi connectivity index (χ3n) is 5.41. The highest BCUT2D eigenvalue weighted by Crippen LogP contribution is 2.38. The molecular weight excluding hydrogens is 340 g/mol. The fourth-order valence-corrected chi connectivity index (χ4v) is 3.63. The molecule has 2 heterocycles. The van der Waals surface area contributed by atoms with Crippen LogP contribution in [0.15, 0.2) is 30.3 Å². The van der Waals surface area contributed by atoms with Crippen molar-refractivity contribution in [1.82, 2.24) is 15.3 Å². The van der Waals surface area contributed by atoms with Crippen molar-refractivity contribution in [2.45, 2.75) is 50.9 Å². The number of aromatic nitrogens is 2. The Morgan fingerprint density at radius 2 is 2.07 bits per heavy atom. The summed E-state index contributed by atoms with van der Waals surface area (Å²) in [5.74, 6) is 1.01. The Bertz CT molecular complexity index is 907. The molecule has 1 aromatic carbocycles. The van der Waals surface area contributed by atoms with E-state index in [1.807, 2.05) is 31.2 Å². The van der Waals surface area contributed by atoms with Gasteiger partial charge in [0.15, 0.2) is 0 Å². The minimum Gasteiger partial charge on any atom is -0.356 e. The van der Waals surface area contributed by atoms with Crippen LogP contribution >= 0.6 is 0 Å². The fourth-order valence-electron chi connectivity index (χ4n) is 3.63. The van der Waals surface area contributed by atoms with Crippen LogP contribution in [0.3, 0.4) is 0 Å². The van der Waals surface area contributed by atoms with Gasteiger partial charge in [0, 0.05) is 35.7 Å². The van der Waals surface area contributed by atoms with Gasteiger partial charge in [0.25, 0.3) is 5.91 Å². The van der Waals surface area contributed by atoms with Gasteiger partial charge in [-0.2, -0.15) is 0 Å². The number of piperidine rings is 1. The quantitative estimate of drug-likeness (QED) is 0.873. The van der Waals surface area contributed by atoms with E-state index in [1.54, 1.807) is 6.07 Å². The van der Waals surface area contributed by atoms with Crippen LogP contribution in [0.5, 0.6) is 0 Å². The summed E-state index contributed by atoms with van der Waals surface area (Å²) in [6.45, 7) is 4.67. The van der Waals surface area contributed by atoms with Crippen LogP contribution in [0.1, 0.15) is 66.1 Å². The molecule has 2 N–H and O–H groups in total. The number of nitrogens with zero attached hydrogens (tertiary/aromatic N) is 2. The summed E-state index contributed by atoms with van der Waals surface area (Å²) >= 11 is 0. The van der Waals surface area contributed by atoms with Gasteiger partial charge in [-0.3, -0.25) is 9.59 Å². The molecule has 1 saturated heterocycles. The number of hydrogen-bond acceptors (Lipinski definition) is 4. The molecule has 6 heteroatoms. The average Bonchev–Trinajstić information content (AvgIpc) is 3.46. The van der Waals surface area contributed by atoms with Crippen molar-refractivity contribution in [2.75, 3.05) is 11.9 Å². The van der Waals surface area contributed by atoms with Gasteiger partial charge in [-0.1, -0.05) is 19.1 Å². The Balaban J connectivity index is 1.55. The molecular formula is C21H24N4O2. The predicted molar refractivity (Wildman–Crippen MR) is 103 cm³/mol. The van der Waals surface area contributed by atoms with Gasteiger partial charge in [0.1, 0.15) is 11.5 Å². The molecule has 1 atom stereocenters. The molecule has 0 unspecified atom stereocenters. The lowest BCUT2D eigenvalue weighted by Gasteiger charge is -2.34. The lowest BCUT2D eigenvalue weighted by molar-refractivity contribution is -0.123. The van der Waals surface area contributed by atoms with Crippen LogP contribution in [-0.4, -0.2) is 28.3 Å². The summed E-state index contributed by atoms with van der Waals surface area (Å²) in [7, 11) is 0. The monoisotopic (exact) mass is 364 g/mol. The number of rotatable bonds is 4. The van der Waals surface area contributed by atoms with E-state index in [4.69, 9.17) is 0 Å². The van der Waals surface area contributed by atoms with E-state index in [2.05, 4.69) is 27.5 Å². The Kier molecular flexibility index (Phi) is 4.42. The van der Waals surface area contributed by atoms with Crippen LogP contribution in [0.25, 0.3) is 0 Å². The Morgan fingerprint density at radius 3 is 2.81 bits per heavy atom. The second-order valence-corrected chi connectivity index (χ2v) is 7.90. The number of carbonyl (C=O) groups excluding carboxylic acids is 2. The lowest BCUT2D eigenvalue weighted by atomic mass is 9.74. The summed E-state index contributed by atoms with van der Waals surface area (Å²) in [6, 6.07) is 9.49. The van der Waals surface area contributed by atoms with E-state index in [-0.39, 0.29) is 17.2 Å². The third-order valence-corrected chi connectivity index (χ3v) is 5.41. The fraction of sp³-hybridized carbons (Fsp3) is 0.429. The van der Waals surface area contributed by atoms with Crippen LogP contribution in [-0.2, 0) is 10.2 Å². The van der Waals surface area contributed by atoms with E-state index in [0.29, 0.717) is 30.3 Å². The molecule has 0 radical (unpaired) electrons. The third kappa shape index (κ3) is 3.84. The van der Waals surface area contributed by atoms with Crippen molar-refractivity contribution in [1.29, 1.82) is 0 Å². The summed E-state index contributed by atoms with van der Waals surface area (Å²) in [4.78, 5) is 33.4. The van der Waals surface area contributed by atoms with E-state index < -0.39 is 0 Å². The first-order chi connectivity index (χ1) is 12.9. The highest BCUT2D eigenvalue weighted by atomic mass is 16.2. The molecule has 2 aliphatic rings. The minimum atomic E-state index is -0.230. The molecule has 6 nitrogen and oxygen atoms in total. The molecule has 27 heavy (non-hydrogen) atoms. The zero-order chi connectivity index (χ0) is 19.0. The molecule has 2 amide bonds. The van der Waals surface area contributed by atoms with E-state index in [9.17, 15) is 9.59 Å². The summed E-state index contributed by atoms with van der Waals surface area (Å²) in [6.07, 6.45) is 3.53. The molecule has 4 rings (SSSR count). The summed E-state index contributed by atoms with van der Waals surface area (Å²) in [5.41, 5.74) is 2.78. The molecule has 1 aliphatic heterocycles. The normalized spacial score (nSPS) is 22.2. The van der Waals surface area contributed by atoms with E-state index >= 15 is 0 Å². The maximum atomic E-state index is 12.7. The van der Waals surface area contributed by atoms with Crippen LogP contribution < -0.4 is 10.6 Å². The topological polar surface area (TPSA) is 84.0 Å². The van der Waals surface area contributed by atoms with E-state index in [1.165, 1.54) is 0 Å². The van der Waals surface area contributed by atoms with Crippen LogP contribution in [0.2, 0.25) is 0 Å². The number of aryl methyl sites for hydroxylation is 1. The molecule has 1 aromatic heterocycles. The van der Waals surface area contributed by atoms with Gasteiger partial charge in [-0.05, 0) is 49.9 Å². The number of benzene rings is 1. The van der Waals surface area contributed by atoms with Crippen molar-refractivity contribution in [3.8, 4) is 0 Å². The number of hydrogen-bond donors (Lipinski definition) is 2. The first-order valence-electron chi connectivity index (χ1n) is 9.47. The Hall–Kier alpha value is -2.76. The number of amides is 2. The van der Waals surface area contributed by atoms with Crippen molar-refractivity contribution in [3.63, 3.8) is 0 Å². The predicted octanol–water partition coefficient (Wildman–Crippen LogP) is 3.08. The van der Waals surface area contributed by atoms with Crippen molar-refractivity contribution < 1.29 is 9.59 Å². The van der Waals surface area contributed by atoms with Crippen LogP contribution in [0, 0.1) is 6.92 Å². The molecule has 0 spiro atoms.